The van der Waals surface area contributed by atoms with Crippen molar-refractivity contribution < 1.29 is 14.3 Å². The molecule has 0 bridgehead atoms. The number of nitrogens with zero attached hydrogens (tertiary/aromatic N) is 1. The third-order valence-corrected chi connectivity index (χ3v) is 3.75. The first kappa shape index (κ1) is 16.2. The molecule has 2 fully saturated rings. The smallest absolute Gasteiger partial charge is 0.240 e. The van der Waals surface area contributed by atoms with Crippen molar-refractivity contribution in [1.82, 2.24) is 4.90 Å². The van der Waals surface area contributed by atoms with E-state index < -0.39 is 11.9 Å². The zero-order valence-corrected chi connectivity index (χ0v) is 11.7. The van der Waals surface area contributed by atoms with Gasteiger partial charge in [0.25, 0.3) is 0 Å². The van der Waals surface area contributed by atoms with Gasteiger partial charge in [0.1, 0.15) is 0 Å². The van der Waals surface area contributed by atoms with Crippen molar-refractivity contribution in [2.24, 2.45) is 11.5 Å². The molecule has 4 N–H and O–H groups in total. The maximum Gasteiger partial charge on any atom is 0.240 e. The molecule has 2 amide bonds. The molecular weight excluding hydrogens is 270 g/mol. The quantitative estimate of drug-likeness (QED) is 0.751. The van der Waals surface area contributed by atoms with Crippen molar-refractivity contribution >= 4 is 24.2 Å². The first-order valence-corrected chi connectivity index (χ1v) is 6.55. The van der Waals surface area contributed by atoms with Crippen LogP contribution in [0.2, 0.25) is 0 Å². The molecule has 110 valence electrons. The lowest BCUT2D eigenvalue weighted by Crippen LogP contribution is -2.58. The lowest BCUT2D eigenvalue weighted by molar-refractivity contribution is -0.151. The highest BCUT2D eigenvalue weighted by Crippen LogP contribution is 2.28. The maximum atomic E-state index is 12.2. The molecule has 2 aliphatic rings. The molecule has 3 unspecified atom stereocenters. The van der Waals surface area contributed by atoms with Gasteiger partial charge in [-0.2, -0.15) is 0 Å². The van der Waals surface area contributed by atoms with Gasteiger partial charge >= 0.3 is 0 Å². The standard InChI is InChI=1S/C12H21N3O3.ClH/c13-8(7-11(14)16)12(17)15-5-6-18-10-4-2-1-3-9(10)15;/h8-10H,1-7,13H2,(H2,14,16);1H. The van der Waals surface area contributed by atoms with Crippen LogP contribution >= 0.6 is 12.4 Å². The van der Waals surface area contributed by atoms with Gasteiger partial charge in [-0.25, -0.2) is 0 Å². The molecule has 0 radical (unpaired) electrons. The van der Waals surface area contributed by atoms with E-state index in [0.717, 1.165) is 25.7 Å². The first-order chi connectivity index (χ1) is 8.59. The molecule has 7 heteroatoms. The first-order valence-electron chi connectivity index (χ1n) is 6.55. The Morgan fingerprint density at radius 2 is 2.00 bits per heavy atom. The predicted octanol–water partition coefficient (Wildman–Crippen LogP) is -0.219. The molecule has 1 saturated carbocycles. The summed E-state index contributed by atoms with van der Waals surface area (Å²) in [6, 6.07) is -0.692. The summed E-state index contributed by atoms with van der Waals surface area (Å²) in [5.41, 5.74) is 10.8. The number of amides is 2. The fourth-order valence-corrected chi connectivity index (χ4v) is 2.89. The SMILES string of the molecule is Cl.NC(=O)CC(N)C(=O)N1CCOC2CCCCC21. The van der Waals surface area contributed by atoms with E-state index in [1.54, 1.807) is 4.90 Å². The molecule has 1 heterocycles. The van der Waals surface area contributed by atoms with Crippen molar-refractivity contribution in [1.29, 1.82) is 0 Å². The lowest BCUT2D eigenvalue weighted by Gasteiger charge is -2.44. The largest absolute Gasteiger partial charge is 0.374 e. The van der Waals surface area contributed by atoms with Crippen molar-refractivity contribution in [2.45, 2.75) is 50.3 Å². The third kappa shape index (κ3) is 3.81. The van der Waals surface area contributed by atoms with Gasteiger partial charge in [-0.1, -0.05) is 12.8 Å². The van der Waals surface area contributed by atoms with Crippen LogP contribution in [0.25, 0.3) is 0 Å². The second kappa shape index (κ2) is 7.07. The molecule has 0 aromatic rings. The van der Waals surface area contributed by atoms with E-state index in [-0.39, 0.29) is 36.9 Å². The number of hydrogen-bond donors (Lipinski definition) is 2. The summed E-state index contributed by atoms with van der Waals surface area (Å²) >= 11 is 0. The van der Waals surface area contributed by atoms with Gasteiger partial charge in [-0.3, -0.25) is 9.59 Å². The van der Waals surface area contributed by atoms with Crippen LogP contribution in [0.4, 0.5) is 0 Å². The van der Waals surface area contributed by atoms with Gasteiger partial charge in [0.15, 0.2) is 0 Å². The highest BCUT2D eigenvalue weighted by atomic mass is 35.5. The Labute approximate surface area is 119 Å². The highest BCUT2D eigenvalue weighted by molar-refractivity contribution is 5.87. The van der Waals surface area contributed by atoms with Crippen molar-refractivity contribution in [3.8, 4) is 0 Å². The van der Waals surface area contributed by atoms with Crippen molar-refractivity contribution in [2.75, 3.05) is 13.2 Å². The van der Waals surface area contributed by atoms with Crippen molar-refractivity contribution in [3.05, 3.63) is 0 Å². The van der Waals surface area contributed by atoms with Crippen LogP contribution in [0.1, 0.15) is 32.1 Å². The fourth-order valence-electron chi connectivity index (χ4n) is 2.89. The third-order valence-electron chi connectivity index (χ3n) is 3.75. The van der Waals surface area contributed by atoms with E-state index in [0.29, 0.717) is 13.2 Å². The Morgan fingerprint density at radius 1 is 1.32 bits per heavy atom. The number of carbonyl (C=O) groups excluding carboxylic acids is 2. The van der Waals surface area contributed by atoms with E-state index in [2.05, 4.69) is 0 Å². The average Bonchev–Trinajstić information content (AvgIpc) is 2.36. The van der Waals surface area contributed by atoms with Crippen LogP contribution in [-0.2, 0) is 14.3 Å². The molecule has 2 rings (SSSR count). The number of nitrogens with two attached hydrogens (primary N) is 2. The van der Waals surface area contributed by atoms with E-state index >= 15 is 0 Å². The summed E-state index contributed by atoms with van der Waals surface area (Å²) < 4.78 is 5.70. The summed E-state index contributed by atoms with van der Waals surface area (Å²) in [5, 5.41) is 0. The van der Waals surface area contributed by atoms with Crippen LogP contribution in [0.15, 0.2) is 0 Å². The highest BCUT2D eigenvalue weighted by Gasteiger charge is 2.38. The van der Waals surface area contributed by atoms with E-state index in [1.807, 2.05) is 0 Å². The summed E-state index contributed by atoms with van der Waals surface area (Å²) in [6.07, 6.45) is 4.26. The Kier molecular flexibility index (Phi) is 6.03. The van der Waals surface area contributed by atoms with E-state index in [9.17, 15) is 9.59 Å². The van der Waals surface area contributed by atoms with Crippen molar-refractivity contribution in [3.63, 3.8) is 0 Å². The molecule has 19 heavy (non-hydrogen) atoms. The molecule has 1 aliphatic heterocycles. The number of halogens is 1. The van der Waals surface area contributed by atoms with Gasteiger partial charge in [-0.05, 0) is 12.8 Å². The minimum Gasteiger partial charge on any atom is -0.374 e. The number of rotatable bonds is 3. The number of hydrogen-bond acceptors (Lipinski definition) is 4. The molecule has 6 nitrogen and oxygen atoms in total. The van der Waals surface area contributed by atoms with E-state index in [1.165, 1.54) is 0 Å². The minimum atomic E-state index is -0.817. The minimum absolute atomic E-state index is 0. The summed E-state index contributed by atoms with van der Waals surface area (Å²) in [7, 11) is 0. The topological polar surface area (TPSA) is 98.7 Å². The second-order valence-corrected chi connectivity index (χ2v) is 5.07. The van der Waals surface area contributed by atoms with Gasteiger partial charge in [0.2, 0.25) is 11.8 Å². The molecule has 1 aliphatic carbocycles. The number of carbonyl (C=O) groups is 2. The van der Waals surface area contributed by atoms with Gasteiger partial charge in [0.05, 0.1) is 31.2 Å². The van der Waals surface area contributed by atoms with Crippen LogP contribution < -0.4 is 11.5 Å². The average molecular weight is 292 g/mol. The zero-order valence-electron chi connectivity index (χ0n) is 10.9. The maximum absolute atomic E-state index is 12.2. The molecule has 3 atom stereocenters. The van der Waals surface area contributed by atoms with Gasteiger partial charge < -0.3 is 21.1 Å². The van der Waals surface area contributed by atoms with Crippen LogP contribution in [-0.4, -0.2) is 48.1 Å². The number of ether oxygens (including phenoxy) is 1. The molecule has 1 saturated heterocycles. The normalized spacial score (nSPS) is 27.9. The van der Waals surface area contributed by atoms with Crippen LogP contribution in [0.3, 0.4) is 0 Å². The van der Waals surface area contributed by atoms with E-state index in [4.69, 9.17) is 16.2 Å². The van der Waals surface area contributed by atoms with Crippen LogP contribution in [0.5, 0.6) is 0 Å². The number of fused-ring (bicyclic) bond motifs is 1. The van der Waals surface area contributed by atoms with Crippen LogP contribution in [0, 0.1) is 0 Å². The second-order valence-electron chi connectivity index (χ2n) is 5.07. The molecule has 0 aromatic carbocycles. The summed E-state index contributed by atoms with van der Waals surface area (Å²) in [6.45, 7) is 1.11. The monoisotopic (exact) mass is 291 g/mol. The molecule has 0 spiro atoms. The predicted molar refractivity (Wildman–Crippen MR) is 72.7 cm³/mol. The van der Waals surface area contributed by atoms with Gasteiger partial charge in [-0.15, -0.1) is 12.4 Å². The Bertz CT molecular complexity index is 338. The molecule has 0 aromatic heterocycles. The molecular formula is C12H22ClN3O3. The fraction of sp³-hybridized carbons (Fsp3) is 0.833. The number of morpholine rings is 1. The Hall–Kier alpha value is -0.850. The zero-order chi connectivity index (χ0) is 13.1. The Balaban J connectivity index is 0.00000180. The summed E-state index contributed by atoms with van der Waals surface area (Å²) in [4.78, 5) is 24.8. The summed E-state index contributed by atoms with van der Waals surface area (Å²) in [5.74, 6) is -0.710. The lowest BCUT2D eigenvalue weighted by atomic mass is 9.89. The Morgan fingerprint density at radius 3 is 2.68 bits per heavy atom. The number of primary amides is 1. The van der Waals surface area contributed by atoms with Gasteiger partial charge in [0, 0.05) is 6.54 Å².